The second-order valence-corrected chi connectivity index (χ2v) is 5.60. The molecule has 2 aromatic rings. The Labute approximate surface area is 123 Å². The second kappa shape index (κ2) is 6.18. The maximum atomic E-state index is 11.1. The third-order valence-electron chi connectivity index (χ3n) is 4.17. The van der Waals surface area contributed by atoms with E-state index < -0.39 is 0 Å². The summed E-state index contributed by atoms with van der Waals surface area (Å²) in [6.07, 6.45) is 4.96. The number of rotatable bonds is 4. The van der Waals surface area contributed by atoms with Gasteiger partial charge in [-0.3, -0.25) is 15.0 Å². The molecule has 0 unspecified atom stereocenters. The highest BCUT2D eigenvalue weighted by molar-refractivity contribution is 5.62. The zero-order valence-corrected chi connectivity index (χ0v) is 12.2. The lowest BCUT2D eigenvalue weighted by Crippen LogP contribution is -2.29. The molecule has 1 heterocycles. The smallest absolute Gasteiger partial charge is 0.264 e. The summed E-state index contributed by atoms with van der Waals surface area (Å²) in [6, 6.07) is 10.2. The largest absolute Gasteiger partial charge is 0.382 e. The van der Waals surface area contributed by atoms with E-state index in [4.69, 9.17) is 4.74 Å². The van der Waals surface area contributed by atoms with Crippen LogP contribution in [-0.2, 0) is 4.74 Å². The van der Waals surface area contributed by atoms with E-state index in [0.717, 1.165) is 42.6 Å². The minimum absolute atomic E-state index is 0.109. The molecule has 0 aliphatic heterocycles. The topological polar surface area (TPSA) is 69.9 Å². The summed E-state index contributed by atoms with van der Waals surface area (Å²) in [7, 11) is 1.79. The normalized spacial score (nSPS) is 22.1. The molecule has 0 bridgehead atoms. The Kier molecular flexibility index (Phi) is 4.10. The van der Waals surface area contributed by atoms with Gasteiger partial charge in [-0.05, 0) is 43.4 Å². The summed E-state index contributed by atoms with van der Waals surface area (Å²) in [4.78, 5) is 11.1. The highest BCUT2D eigenvalue weighted by Crippen LogP contribution is 2.25. The highest BCUT2D eigenvalue weighted by atomic mass is 16.5. The standard InChI is InChI=1S/C16H21N3O2/c1-21-14-8-6-13(7-9-14)17-12-4-2-11(3-5-12)15-10-16(20)19-18-15/h2-5,10,13-14,17H,6-9H2,1H3,(H2,18,19,20). The Morgan fingerprint density at radius 2 is 1.81 bits per heavy atom. The number of anilines is 1. The summed E-state index contributed by atoms with van der Waals surface area (Å²) in [6.45, 7) is 0. The monoisotopic (exact) mass is 287 g/mol. The van der Waals surface area contributed by atoms with Gasteiger partial charge in [-0.25, -0.2) is 0 Å². The number of nitrogens with one attached hydrogen (secondary N) is 3. The van der Waals surface area contributed by atoms with Crippen molar-refractivity contribution in [3.63, 3.8) is 0 Å². The molecule has 0 atom stereocenters. The van der Waals surface area contributed by atoms with Crippen molar-refractivity contribution in [2.75, 3.05) is 12.4 Å². The van der Waals surface area contributed by atoms with E-state index in [1.54, 1.807) is 13.2 Å². The molecule has 3 N–H and O–H groups in total. The van der Waals surface area contributed by atoms with Crippen molar-refractivity contribution in [1.29, 1.82) is 0 Å². The fraction of sp³-hybridized carbons (Fsp3) is 0.438. The molecule has 5 nitrogen and oxygen atoms in total. The summed E-state index contributed by atoms with van der Waals surface area (Å²) >= 11 is 0. The van der Waals surface area contributed by atoms with Crippen molar-refractivity contribution in [1.82, 2.24) is 10.2 Å². The molecular formula is C16H21N3O2. The van der Waals surface area contributed by atoms with Crippen LogP contribution in [0.2, 0.25) is 0 Å². The van der Waals surface area contributed by atoms with Crippen LogP contribution < -0.4 is 10.9 Å². The number of H-pyrrole nitrogens is 2. The van der Waals surface area contributed by atoms with E-state index in [9.17, 15) is 4.79 Å². The Bertz CT molecular complexity index is 621. The van der Waals surface area contributed by atoms with Crippen LogP contribution in [0.25, 0.3) is 11.3 Å². The predicted octanol–water partition coefficient (Wildman–Crippen LogP) is 2.74. The molecule has 3 rings (SSSR count). The number of aromatic amines is 2. The van der Waals surface area contributed by atoms with Crippen molar-refractivity contribution in [3.05, 3.63) is 40.7 Å². The average molecular weight is 287 g/mol. The molecule has 21 heavy (non-hydrogen) atoms. The molecule has 1 aliphatic rings. The lowest BCUT2D eigenvalue weighted by Gasteiger charge is -2.28. The van der Waals surface area contributed by atoms with Crippen LogP contribution in [0.3, 0.4) is 0 Å². The van der Waals surface area contributed by atoms with E-state index in [1.807, 2.05) is 12.1 Å². The van der Waals surface area contributed by atoms with Crippen LogP contribution in [0.5, 0.6) is 0 Å². The first-order chi connectivity index (χ1) is 10.2. The van der Waals surface area contributed by atoms with E-state index in [2.05, 4.69) is 27.6 Å². The van der Waals surface area contributed by atoms with E-state index in [-0.39, 0.29) is 5.56 Å². The lowest BCUT2D eigenvalue weighted by molar-refractivity contribution is 0.0682. The molecule has 0 spiro atoms. The molecule has 1 aromatic carbocycles. The Balaban J connectivity index is 1.61. The van der Waals surface area contributed by atoms with Crippen LogP contribution >= 0.6 is 0 Å². The second-order valence-electron chi connectivity index (χ2n) is 5.60. The maximum absolute atomic E-state index is 11.1. The number of methoxy groups -OCH3 is 1. The van der Waals surface area contributed by atoms with Gasteiger partial charge in [-0.2, -0.15) is 0 Å². The minimum Gasteiger partial charge on any atom is -0.382 e. The Hall–Kier alpha value is -2.01. The fourth-order valence-electron chi connectivity index (χ4n) is 2.91. The van der Waals surface area contributed by atoms with Crippen LogP contribution in [0.4, 0.5) is 5.69 Å². The minimum atomic E-state index is -0.109. The van der Waals surface area contributed by atoms with Crippen LogP contribution in [0.1, 0.15) is 25.7 Å². The molecule has 1 fully saturated rings. The van der Waals surface area contributed by atoms with Gasteiger partial charge in [0.2, 0.25) is 0 Å². The Morgan fingerprint density at radius 3 is 2.38 bits per heavy atom. The maximum Gasteiger partial charge on any atom is 0.264 e. The van der Waals surface area contributed by atoms with Gasteiger partial charge in [0.1, 0.15) is 0 Å². The quantitative estimate of drug-likeness (QED) is 0.810. The van der Waals surface area contributed by atoms with Crippen molar-refractivity contribution in [2.45, 2.75) is 37.8 Å². The van der Waals surface area contributed by atoms with Crippen molar-refractivity contribution >= 4 is 5.69 Å². The lowest BCUT2D eigenvalue weighted by atomic mass is 9.93. The van der Waals surface area contributed by atoms with Gasteiger partial charge in [0, 0.05) is 24.9 Å². The number of aromatic nitrogens is 2. The molecule has 1 aliphatic carbocycles. The first kappa shape index (κ1) is 13.9. The SMILES string of the molecule is COC1CCC(Nc2ccc(-c3cc(=O)[nH][nH]3)cc2)CC1. The fourth-order valence-corrected chi connectivity index (χ4v) is 2.91. The van der Waals surface area contributed by atoms with Crippen LogP contribution in [-0.4, -0.2) is 29.5 Å². The summed E-state index contributed by atoms with van der Waals surface area (Å²) in [5.41, 5.74) is 2.83. The number of benzene rings is 1. The number of hydrogen-bond acceptors (Lipinski definition) is 3. The van der Waals surface area contributed by atoms with Crippen LogP contribution in [0, 0.1) is 0 Å². The third-order valence-corrected chi connectivity index (χ3v) is 4.17. The van der Waals surface area contributed by atoms with Gasteiger partial charge in [0.15, 0.2) is 0 Å². The summed E-state index contributed by atoms with van der Waals surface area (Å²) < 4.78 is 5.40. The average Bonchev–Trinajstić information content (AvgIpc) is 2.95. The van der Waals surface area contributed by atoms with E-state index in [0.29, 0.717) is 12.1 Å². The van der Waals surface area contributed by atoms with E-state index in [1.165, 1.54) is 0 Å². The highest BCUT2D eigenvalue weighted by Gasteiger charge is 2.20. The Morgan fingerprint density at radius 1 is 1.10 bits per heavy atom. The molecular weight excluding hydrogens is 266 g/mol. The first-order valence-electron chi connectivity index (χ1n) is 7.42. The molecule has 0 amide bonds. The molecule has 0 saturated heterocycles. The molecule has 5 heteroatoms. The van der Waals surface area contributed by atoms with Gasteiger partial charge in [0.25, 0.3) is 5.56 Å². The van der Waals surface area contributed by atoms with Gasteiger partial charge in [-0.15, -0.1) is 0 Å². The predicted molar refractivity (Wildman–Crippen MR) is 83.5 cm³/mol. The molecule has 112 valence electrons. The summed E-state index contributed by atoms with van der Waals surface area (Å²) in [5, 5.41) is 8.99. The van der Waals surface area contributed by atoms with Crippen LogP contribution in [0.15, 0.2) is 35.1 Å². The van der Waals surface area contributed by atoms with Crippen molar-refractivity contribution in [2.24, 2.45) is 0 Å². The van der Waals surface area contributed by atoms with Crippen molar-refractivity contribution in [3.8, 4) is 11.3 Å². The zero-order chi connectivity index (χ0) is 14.7. The van der Waals surface area contributed by atoms with Gasteiger partial charge >= 0.3 is 0 Å². The molecule has 0 radical (unpaired) electrons. The van der Waals surface area contributed by atoms with Gasteiger partial charge in [-0.1, -0.05) is 12.1 Å². The zero-order valence-electron chi connectivity index (χ0n) is 12.2. The number of hydrogen-bond donors (Lipinski definition) is 3. The summed E-state index contributed by atoms with van der Waals surface area (Å²) in [5.74, 6) is 0. The van der Waals surface area contributed by atoms with Gasteiger partial charge < -0.3 is 10.1 Å². The number of ether oxygens (including phenoxy) is 1. The molecule has 1 aromatic heterocycles. The van der Waals surface area contributed by atoms with E-state index >= 15 is 0 Å². The first-order valence-corrected chi connectivity index (χ1v) is 7.42. The third kappa shape index (κ3) is 3.36. The molecule has 1 saturated carbocycles. The van der Waals surface area contributed by atoms with Gasteiger partial charge in [0.05, 0.1) is 11.8 Å². The van der Waals surface area contributed by atoms with Crippen molar-refractivity contribution < 1.29 is 4.74 Å².